The third kappa shape index (κ3) is 4.71. The molecule has 5 nitrogen and oxygen atoms in total. The van der Waals surface area contributed by atoms with Crippen molar-refractivity contribution >= 4 is 5.82 Å². The lowest BCUT2D eigenvalue weighted by Crippen LogP contribution is -2.28. The van der Waals surface area contributed by atoms with Crippen molar-refractivity contribution in [3.8, 4) is 5.75 Å². The van der Waals surface area contributed by atoms with Crippen LogP contribution in [0.15, 0.2) is 42.6 Å². The molecule has 1 aromatic carbocycles. The number of rotatable bonds is 7. The number of benzene rings is 1. The fourth-order valence-electron chi connectivity index (χ4n) is 3.42. The number of likely N-dealkylation sites (tertiary alicyclic amines) is 1. The van der Waals surface area contributed by atoms with E-state index in [1.807, 2.05) is 43.3 Å². The summed E-state index contributed by atoms with van der Waals surface area (Å²) in [6.07, 6.45) is 2.41. The van der Waals surface area contributed by atoms with Crippen molar-refractivity contribution in [3.63, 3.8) is 0 Å². The number of aryl methyl sites for hydroxylation is 1. The summed E-state index contributed by atoms with van der Waals surface area (Å²) in [6, 6.07) is 11.8. The van der Waals surface area contributed by atoms with E-state index in [0.717, 1.165) is 48.7 Å². The van der Waals surface area contributed by atoms with E-state index in [9.17, 15) is 5.11 Å². The molecule has 5 heteroatoms. The van der Waals surface area contributed by atoms with Crippen LogP contribution in [-0.2, 0) is 0 Å². The summed E-state index contributed by atoms with van der Waals surface area (Å²) >= 11 is 0. The maximum absolute atomic E-state index is 10.7. The average Bonchev–Trinajstić information content (AvgIpc) is 3.08. The van der Waals surface area contributed by atoms with Gasteiger partial charge in [0.15, 0.2) is 0 Å². The predicted molar refractivity (Wildman–Crippen MR) is 100.0 cm³/mol. The minimum atomic E-state index is -0.530. The van der Waals surface area contributed by atoms with E-state index in [0.29, 0.717) is 12.5 Å². The third-order valence-electron chi connectivity index (χ3n) is 4.78. The number of pyridine rings is 1. The second-order valence-electron chi connectivity index (χ2n) is 6.77. The van der Waals surface area contributed by atoms with Crippen LogP contribution >= 0.6 is 0 Å². The average molecular weight is 341 g/mol. The molecule has 1 aliphatic rings. The number of hydrogen-bond donors (Lipinski definition) is 2. The van der Waals surface area contributed by atoms with Crippen LogP contribution in [0.1, 0.15) is 23.7 Å². The zero-order valence-electron chi connectivity index (χ0n) is 15.0. The van der Waals surface area contributed by atoms with E-state index in [2.05, 4.69) is 15.2 Å². The van der Waals surface area contributed by atoms with Crippen LogP contribution in [-0.4, -0.2) is 48.3 Å². The smallest absolute Gasteiger partial charge is 0.125 e. The number of anilines is 1. The van der Waals surface area contributed by atoms with Gasteiger partial charge in [0, 0.05) is 31.4 Å². The van der Waals surface area contributed by atoms with Gasteiger partial charge in [0.05, 0.1) is 13.2 Å². The van der Waals surface area contributed by atoms with Gasteiger partial charge in [-0.05, 0) is 50.1 Å². The minimum Gasteiger partial charge on any atom is -0.496 e. The largest absolute Gasteiger partial charge is 0.496 e. The highest BCUT2D eigenvalue weighted by Gasteiger charge is 2.25. The number of methoxy groups -OCH3 is 1. The Labute approximate surface area is 149 Å². The number of β-amino-alcohol motifs (C(OH)–C–C–N with tert-alkyl or cyclic N) is 1. The normalized spacial score (nSPS) is 18.9. The molecule has 2 heterocycles. The number of aliphatic hydroxyl groups excluding tert-OH is 1. The lowest BCUT2D eigenvalue weighted by atomic mass is 10.0. The van der Waals surface area contributed by atoms with Gasteiger partial charge in [-0.2, -0.15) is 0 Å². The number of aliphatic hydroxyl groups is 1. The third-order valence-corrected chi connectivity index (χ3v) is 4.78. The Morgan fingerprint density at radius 3 is 3.00 bits per heavy atom. The summed E-state index contributed by atoms with van der Waals surface area (Å²) < 4.78 is 5.40. The van der Waals surface area contributed by atoms with Crippen molar-refractivity contribution in [1.29, 1.82) is 0 Å². The van der Waals surface area contributed by atoms with Crippen molar-refractivity contribution in [2.75, 3.05) is 38.6 Å². The number of ether oxygens (including phenoxy) is 1. The van der Waals surface area contributed by atoms with E-state index in [1.54, 1.807) is 13.3 Å². The summed E-state index contributed by atoms with van der Waals surface area (Å²) in [5.41, 5.74) is 2.01. The van der Waals surface area contributed by atoms with E-state index in [-0.39, 0.29) is 0 Å². The number of hydrogen-bond acceptors (Lipinski definition) is 5. The van der Waals surface area contributed by atoms with Gasteiger partial charge < -0.3 is 20.1 Å². The van der Waals surface area contributed by atoms with E-state index in [4.69, 9.17) is 4.74 Å². The molecule has 1 saturated heterocycles. The highest BCUT2D eigenvalue weighted by Crippen LogP contribution is 2.28. The standard InChI is InChI=1S/C20H27N3O2/c1-15-6-7-19(25-2)17(11-15)18(24)14-23-10-8-16(13-23)12-22-20-5-3-4-9-21-20/h3-7,9,11,16,18,24H,8,10,12-14H2,1-2H3,(H,21,22)/t16-,18+/m1/s1. The number of nitrogens with one attached hydrogen (secondary N) is 1. The van der Waals surface area contributed by atoms with Gasteiger partial charge in [0.2, 0.25) is 0 Å². The molecule has 1 aliphatic heterocycles. The molecule has 0 saturated carbocycles. The molecule has 0 unspecified atom stereocenters. The van der Waals surface area contributed by atoms with Crippen LogP contribution < -0.4 is 10.1 Å². The summed E-state index contributed by atoms with van der Waals surface area (Å²) in [5, 5.41) is 14.1. The lowest BCUT2D eigenvalue weighted by molar-refractivity contribution is 0.121. The lowest BCUT2D eigenvalue weighted by Gasteiger charge is -2.22. The Balaban J connectivity index is 1.52. The quantitative estimate of drug-likeness (QED) is 0.811. The Kier molecular flexibility index (Phi) is 5.89. The molecule has 0 spiro atoms. The van der Waals surface area contributed by atoms with Crippen molar-refractivity contribution in [3.05, 3.63) is 53.7 Å². The fraction of sp³-hybridized carbons (Fsp3) is 0.450. The zero-order chi connectivity index (χ0) is 17.6. The van der Waals surface area contributed by atoms with E-state index in [1.165, 1.54) is 0 Å². The molecule has 1 fully saturated rings. The molecule has 2 N–H and O–H groups in total. The molecular formula is C20H27N3O2. The fourth-order valence-corrected chi connectivity index (χ4v) is 3.42. The van der Waals surface area contributed by atoms with E-state index >= 15 is 0 Å². The first kappa shape index (κ1) is 17.7. The molecule has 134 valence electrons. The van der Waals surface area contributed by atoms with Crippen LogP contribution in [0.4, 0.5) is 5.82 Å². The minimum absolute atomic E-state index is 0.530. The van der Waals surface area contributed by atoms with Crippen LogP contribution in [0.5, 0.6) is 5.75 Å². The topological polar surface area (TPSA) is 57.6 Å². The highest BCUT2D eigenvalue weighted by atomic mass is 16.5. The van der Waals surface area contributed by atoms with Gasteiger partial charge in [0.1, 0.15) is 11.6 Å². The maximum Gasteiger partial charge on any atom is 0.125 e. The van der Waals surface area contributed by atoms with Crippen molar-refractivity contribution in [2.45, 2.75) is 19.4 Å². The Morgan fingerprint density at radius 1 is 1.36 bits per heavy atom. The molecule has 0 amide bonds. The van der Waals surface area contributed by atoms with E-state index < -0.39 is 6.10 Å². The Bertz CT molecular complexity index is 678. The molecule has 3 rings (SSSR count). The molecule has 0 radical (unpaired) electrons. The Morgan fingerprint density at radius 2 is 2.24 bits per heavy atom. The first-order valence-corrected chi connectivity index (χ1v) is 8.85. The maximum atomic E-state index is 10.7. The van der Waals surface area contributed by atoms with Gasteiger partial charge in [-0.25, -0.2) is 4.98 Å². The SMILES string of the molecule is COc1ccc(C)cc1[C@@H](O)CN1CC[C@H](CNc2ccccn2)C1. The summed E-state index contributed by atoms with van der Waals surface area (Å²) in [6.45, 7) is 5.59. The van der Waals surface area contributed by atoms with Gasteiger partial charge in [0.25, 0.3) is 0 Å². The molecule has 2 atom stereocenters. The number of nitrogens with zero attached hydrogens (tertiary/aromatic N) is 2. The zero-order valence-corrected chi connectivity index (χ0v) is 15.0. The summed E-state index contributed by atoms with van der Waals surface area (Å²) in [7, 11) is 1.65. The number of aromatic nitrogens is 1. The van der Waals surface area contributed by atoms with Crippen LogP contribution in [0.3, 0.4) is 0 Å². The van der Waals surface area contributed by atoms with Crippen LogP contribution in [0.2, 0.25) is 0 Å². The molecule has 0 bridgehead atoms. The molecule has 0 aliphatic carbocycles. The molecular weight excluding hydrogens is 314 g/mol. The van der Waals surface area contributed by atoms with Gasteiger partial charge >= 0.3 is 0 Å². The molecule has 1 aromatic heterocycles. The van der Waals surface area contributed by atoms with Gasteiger partial charge in [-0.1, -0.05) is 17.7 Å². The van der Waals surface area contributed by atoms with Gasteiger partial charge in [-0.15, -0.1) is 0 Å². The summed E-state index contributed by atoms with van der Waals surface area (Å²) in [4.78, 5) is 6.63. The molecule has 25 heavy (non-hydrogen) atoms. The second kappa shape index (κ2) is 8.32. The van der Waals surface area contributed by atoms with Crippen LogP contribution in [0, 0.1) is 12.8 Å². The van der Waals surface area contributed by atoms with Crippen molar-refractivity contribution in [2.24, 2.45) is 5.92 Å². The summed E-state index contributed by atoms with van der Waals surface area (Å²) in [5.74, 6) is 2.25. The second-order valence-corrected chi connectivity index (χ2v) is 6.77. The Hall–Kier alpha value is -2.11. The first-order chi connectivity index (χ1) is 12.2. The first-order valence-electron chi connectivity index (χ1n) is 8.85. The predicted octanol–water partition coefficient (Wildman–Crippen LogP) is 2.87. The van der Waals surface area contributed by atoms with Crippen molar-refractivity contribution < 1.29 is 9.84 Å². The van der Waals surface area contributed by atoms with Gasteiger partial charge in [-0.3, -0.25) is 0 Å². The monoisotopic (exact) mass is 341 g/mol. The highest BCUT2D eigenvalue weighted by molar-refractivity contribution is 5.38. The molecule has 2 aromatic rings. The van der Waals surface area contributed by atoms with Crippen molar-refractivity contribution in [1.82, 2.24) is 9.88 Å². The van der Waals surface area contributed by atoms with Crippen LogP contribution in [0.25, 0.3) is 0 Å².